The van der Waals surface area contributed by atoms with Gasteiger partial charge in [-0.2, -0.15) is 0 Å². The molecule has 0 N–H and O–H groups in total. The van der Waals surface area contributed by atoms with Gasteiger partial charge in [-0.25, -0.2) is 0 Å². The first-order chi connectivity index (χ1) is 13.5. The molecule has 3 aromatic rings. The van der Waals surface area contributed by atoms with Gasteiger partial charge in [-0.1, -0.05) is 23.6 Å². The summed E-state index contributed by atoms with van der Waals surface area (Å²) in [5, 5.41) is 11.4. The second kappa shape index (κ2) is 8.77. The zero-order chi connectivity index (χ0) is 19.9. The molecule has 2 aromatic carbocycles. The highest BCUT2D eigenvalue weighted by molar-refractivity contribution is 8.13. The number of carbonyl (C=O) groups excluding carboxylic acids is 1. The minimum absolute atomic E-state index is 0.00873. The summed E-state index contributed by atoms with van der Waals surface area (Å²) in [6.07, 6.45) is 3.59. The number of nitrogens with zero attached hydrogens (tertiary/aromatic N) is 2. The molecular formula is C22H14N2O3S. The number of aromatic nitrogens is 1. The van der Waals surface area contributed by atoms with Gasteiger partial charge >= 0.3 is 0 Å². The number of nitro groups is 1. The summed E-state index contributed by atoms with van der Waals surface area (Å²) < 4.78 is 1.67. The molecule has 0 aliphatic rings. The average molecular weight is 386 g/mol. The number of carbonyl (C=O) groups is 1. The van der Waals surface area contributed by atoms with E-state index in [0.717, 1.165) is 16.7 Å². The molecular weight excluding hydrogens is 372 g/mol. The lowest BCUT2D eigenvalue weighted by Gasteiger charge is -1.98. The minimum atomic E-state index is -0.461. The van der Waals surface area contributed by atoms with Gasteiger partial charge in [0.05, 0.1) is 4.92 Å². The number of nitro benzene ring substituents is 1. The van der Waals surface area contributed by atoms with Crippen LogP contribution >= 0.6 is 11.8 Å². The van der Waals surface area contributed by atoms with Crippen LogP contribution in [0, 0.1) is 33.9 Å². The van der Waals surface area contributed by atoms with Crippen LogP contribution in [0.4, 0.5) is 5.69 Å². The Balaban J connectivity index is 1.85. The van der Waals surface area contributed by atoms with Crippen molar-refractivity contribution in [1.29, 1.82) is 0 Å². The fraction of sp³-hybridized carbons (Fsp3) is 0.0455. The zero-order valence-electron chi connectivity index (χ0n) is 14.9. The Morgan fingerprint density at radius 1 is 1.00 bits per heavy atom. The summed E-state index contributed by atoms with van der Waals surface area (Å²) in [5.41, 5.74) is 1.48. The number of hydrogen-bond donors (Lipinski definition) is 0. The second-order valence-corrected chi connectivity index (χ2v) is 6.93. The van der Waals surface area contributed by atoms with E-state index in [4.69, 9.17) is 0 Å². The second-order valence-electron chi connectivity index (χ2n) is 5.68. The van der Waals surface area contributed by atoms with Gasteiger partial charge in [-0.3, -0.25) is 19.5 Å². The number of thioether (sulfide) groups is 1. The highest BCUT2D eigenvalue weighted by atomic mass is 32.2. The molecule has 0 amide bonds. The van der Waals surface area contributed by atoms with Crippen LogP contribution < -0.4 is 0 Å². The molecule has 3 rings (SSSR count). The van der Waals surface area contributed by atoms with Gasteiger partial charge < -0.3 is 0 Å². The molecule has 0 radical (unpaired) electrons. The summed E-state index contributed by atoms with van der Waals surface area (Å²) in [6, 6.07) is 18.5. The quantitative estimate of drug-likeness (QED) is 0.285. The van der Waals surface area contributed by atoms with Crippen molar-refractivity contribution in [3.8, 4) is 23.8 Å². The van der Waals surface area contributed by atoms with Crippen LogP contribution in [-0.4, -0.2) is 14.6 Å². The first kappa shape index (κ1) is 19.0. The van der Waals surface area contributed by atoms with E-state index < -0.39 is 4.92 Å². The van der Waals surface area contributed by atoms with Crippen molar-refractivity contribution in [2.24, 2.45) is 0 Å². The Morgan fingerprint density at radius 3 is 2.32 bits per heavy atom. The van der Waals surface area contributed by atoms with E-state index in [2.05, 4.69) is 23.8 Å². The van der Waals surface area contributed by atoms with Gasteiger partial charge in [-0.05, 0) is 54.5 Å². The average Bonchev–Trinajstić information content (AvgIpc) is 3.19. The lowest BCUT2D eigenvalue weighted by atomic mass is 10.1. The van der Waals surface area contributed by atoms with Crippen molar-refractivity contribution < 1.29 is 9.72 Å². The molecule has 1 heterocycles. The van der Waals surface area contributed by atoms with Gasteiger partial charge in [0.2, 0.25) is 0 Å². The number of benzene rings is 2. The molecule has 0 bridgehead atoms. The van der Waals surface area contributed by atoms with Crippen LogP contribution in [0.25, 0.3) is 0 Å². The zero-order valence-corrected chi connectivity index (χ0v) is 15.7. The van der Waals surface area contributed by atoms with Crippen molar-refractivity contribution in [2.75, 3.05) is 0 Å². The molecule has 6 heteroatoms. The topological polar surface area (TPSA) is 65.1 Å². The van der Waals surface area contributed by atoms with Gasteiger partial charge in [0.1, 0.15) is 5.56 Å². The van der Waals surface area contributed by atoms with Gasteiger partial charge in [-0.15, -0.1) is 0 Å². The van der Waals surface area contributed by atoms with E-state index >= 15 is 0 Å². The third-order valence-corrected chi connectivity index (χ3v) is 4.38. The third kappa shape index (κ3) is 5.14. The minimum Gasteiger partial charge on any atom is -0.287 e. The monoisotopic (exact) mass is 386 g/mol. The molecule has 136 valence electrons. The Hall–Kier alpha value is -3.74. The predicted octanol–water partition coefficient (Wildman–Crippen LogP) is 4.29. The highest BCUT2D eigenvalue weighted by Crippen LogP contribution is 2.20. The molecule has 0 aliphatic heterocycles. The molecule has 0 spiro atoms. The van der Waals surface area contributed by atoms with Crippen LogP contribution in [0.5, 0.6) is 0 Å². The SMILES string of the molecule is CC(=O)Sc1ccc(C#Cc2ccc(C#Cn3cccc3)cc2[N+](=O)[O-])cc1. The van der Waals surface area contributed by atoms with Crippen LogP contribution in [-0.2, 0) is 4.79 Å². The Bertz CT molecular complexity index is 1140. The molecule has 0 aliphatic carbocycles. The third-order valence-electron chi connectivity index (χ3n) is 3.59. The van der Waals surface area contributed by atoms with Crippen LogP contribution in [0.1, 0.15) is 23.6 Å². The lowest BCUT2D eigenvalue weighted by Crippen LogP contribution is -1.93. The first-order valence-electron chi connectivity index (χ1n) is 8.25. The molecule has 5 nitrogen and oxygen atoms in total. The Labute approximate surface area is 166 Å². The number of hydrogen-bond acceptors (Lipinski definition) is 4. The number of rotatable bonds is 2. The van der Waals surface area contributed by atoms with Crippen molar-refractivity contribution in [2.45, 2.75) is 11.8 Å². The van der Waals surface area contributed by atoms with Crippen molar-refractivity contribution >= 4 is 22.6 Å². The van der Waals surface area contributed by atoms with Crippen molar-refractivity contribution in [3.63, 3.8) is 0 Å². The maximum Gasteiger partial charge on any atom is 0.286 e. The summed E-state index contributed by atoms with van der Waals surface area (Å²) in [6.45, 7) is 1.50. The van der Waals surface area contributed by atoms with Gasteiger partial charge in [0.15, 0.2) is 5.12 Å². The maximum absolute atomic E-state index is 11.4. The van der Waals surface area contributed by atoms with Gasteiger partial charge in [0.25, 0.3) is 5.69 Å². The van der Waals surface area contributed by atoms with Crippen molar-refractivity contribution in [1.82, 2.24) is 4.57 Å². The largest absolute Gasteiger partial charge is 0.287 e. The van der Waals surface area contributed by atoms with Crippen LogP contribution in [0.3, 0.4) is 0 Å². The van der Waals surface area contributed by atoms with E-state index in [9.17, 15) is 14.9 Å². The molecule has 0 fully saturated rings. The normalized spacial score (nSPS) is 9.61. The molecule has 0 saturated heterocycles. The van der Waals surface area contributed by atoms with Crippen molar-refractivity contribution in [3.05, 3.63) is 93.8 Å². The predicted molar refractivity (Wildman–Crippen MR) is 109 cm³/mol. The van der Waals surface area contributed by atoms with Gasteiger partial charge in [0, 0.05) is 47.5 Å². The summed E-state index contributed by atoms with van der Waals surface area (Å²) in [7, 11) is 0. The van der Waals surface area contributed by atoms with E-state index in [1.807, 2.05) is 12.1 Å². The van der Waals surface area contributed by atoms with Crippen LogP contribution in [0.2, 0.25) is 0 Å². The molecule has 1 aromatic heterocycles. The van der Waals surface area contributed by atoms with Crippen LogP contribution in [0.15, 0.2) is 71.9 Å². The molecule has 28 heavy (non-hydrogen) atoms. The fourth-order valence-electron chi connectivity index (χ4n) is 2.32. The molecule has 0 saturated carbocycles. The lowest BCUT2D eigenvalue weighted by molar-refractivity contribution is -0.385. The maximum atomic E-state index is 11.4. The molecule has 0 unspecified atom stereocenters. The summed E-state index contributed by atoms with van der Waals surface area (Å²) >= 11 is 1.14. The molecule has 0 atom stereocenters. The van der Waals surface area contributed by atoms with E-state index in [-0.39, 0.29) is 10.8 Å². The van der Waals surface area contributed by atoms with E-state index in [1.54, 1.807) is 53.4 Å². The van der Waals surface area contributed by atoms with E-state index in [1.165, 1.54) is 13.0 Å². The Morgan fingerprint density at radius 2 is 1.68 bits per heavy atom. The smallest absolute Gasteiger partial charge is 0.286 e. The Kier molecular flexibility index (Phi) is 5.96. The summed E-state index contributed by atoms with van der Waals surface area (Å²) in [5.74, 6) is 8.67. The highest BCUT2D eigenvalue weighted by Gasteiger charge is 2.12. The fourth-order valence-corrected chi connectivity index (χ4v) is 2.92. The van der Waals surface area contributed by atoms with E-state index in [0.29, 0.717) is 16.7 Å². The standard InChI is InChI=1S/C22H14N2O3S/c1-17(25)28-21-10-6-18(7-11-21)4-8-20-9-5-19(16-22(20)24(26)27)12-15-23-13-2-3-14-23/h2-3,5-7,9-11,13-14,16H,1H3. The summed E-state index contributed by atoms with van der Waals surface area (Å²) in [4.78, 5) is 22.9. The first-order valence-corrected chi connectivity index (χ1v) is 9.07.